The van der Waals surface area contributed by atoms with Crippen LogP contribution in [0.5, 0.6) is 0 Å². The van der Waals surface area contributed by atoms with E-state index in [1.54, 1.807) is 0 Å². The van der Waals surface area contributed by atoms with E-state index in [4.69, 9.17) is 5.73 Å². The molecule has 0 radical (unpaired) electrons. The standard InChI is InChI=1S/C15H33N.ClH/c1-7-14(16)10-12(2)8-9-13(3)11-15(4,5)6;/h12-14H,7-11,16H2,1-6H3;1H. The van der Waals surface area contributed by atoms with Gasteiger partial charge in [-0.05, 0) is 36.5 Å². The minimum atomic E-state index is 0. The zero-order valence-corrected chi connectivity index (χ0v) is 13.6. The van der Waals surface area contributed by atoms with E-state index >= 15 is 0 Å². The minimum Gasteiger partial charge on any atom is -0.328 e. The average Bonchev–Trinajstić information content (AvgIpc) is 2.12. The smallest absolute Gasteiger partial charge is 0.00387 e. The van der Waals surface area contributed by atoms with Crippen molar-refractivity contribution < 1.29 is 0 Å². The summed E-state index contributed by atoms with van der Waals surface area (Å²) < 4.78 is 0. The van der Waals surface area contributed by atoms with Gasteiger partial charge in [0.05, 0.1) is 0 Å². The molecule has 17 heavy (non-hydrogen) atoms. The van der Waals surface area contributed by atoms with Crippen molar-refractivity contribution in [3.05, 3.63) is 0 Å². The van der Waals surface area contributed by atoms with Gasteiger partial charge in [0.25, 0.3) is 0 Å². The molecule has 106 valence electrons. The van der Waals surface area contributed by atoms with Crippen molar-refractivity contribution in [2.45, 2.75) is 79.7 Å². The summed E-state index contributed by atoms with van der Waals surface area (Å²) in [5.74, 6) is 1.64. The summed E-state index contributed by atoms with van der Waals surface area (Å²) in [7, 11) is 0. The molecule has 0 aliphatic rings. The van der Waals surface area contributed by atoms with Crippen LogP contribution in [0.15, 0.2) is 0 Å². The van der Waals surface area contributed by atoms with Gasteiger partial charge in [-0.1, -0.05) is 54.4 Å². The van der Waals surface area contributed by atoms with Crippen LogP contribution in [0.2, 0.25) is 0 Å². The Morgan fingerprint density at radius 2 is 1.47 bits per heavy atom. The van der Waals surface area contributed by atoms with Gasteiger partial charge >= 0.3 is 0 Å². The number of rotatable bonds is 7. The Bertz CT molecular complexity index is 174. The van der Waals surface area contributed by atoms with Crippen molar-refractivity contribution in [2.75, 3.05) is 0 Å². The van der Waals surface area contributed by atoms with Crippen LogP contribution in [0.25, 0.3) is 0 Å². The Balaban J connectivity index is 0. The SMILES string of the molecule is CCC(N)CC(C)CCC(C)CC(C)(C)C.Cl. The molecule has 0 aliphatic heterocycles. The third-order valence-corrected chi connectivity index (χ3v) is 3.34. The monoisotopic (exact) mass is 263 g/mol. The molecule has 0 spiro atoms. The second-order valence-electron chi connectivity index (χ2n) is 6.96. The topological polar surface area (TPSA) is 26.0 Å². The Hall–Kier alpha value is 0.250. The molecule has 0 bridgehead atoms. The van der Waals surface area contributed by atoms with Crippen molar-refractivity contribution in [3.8, 4) is 0 Å². The predicted octanol–water partition coefficient (Wildman–Crippen LogP) is 5.02. The molecule has 0 aromatic heterocycles. The van der Waals surface area contributed by atoms with Gasteiger partial charge in [0.15, 0.2) is 0 Å². The van der Waals surface area contributed by atoms with E-state index in [2.05, 4.69) is 41.5 Å². The molecular formula is C15H34ClN. The first-order valence-electron chi connectivity index (χ1n) is 7.00. The fourth-order valence-electron chi connectivity index (χ4n) is 2.52. The molecule has 1 nitrogen and oxygen atoms in total. The summed E-state index contributed by atoms with van der Waals surface area (Å²) in [4.78, 5) is 0. The van der Waals surface area contributed by atoms with Gasteiger partial charge in [-0.3, -0.25) is 0 Å². The van der Waals surface area contributed by atoms with E-state index in [0.717, 1.165) is 18.3 Å². The third-order valence-electron chi connectivity index (χ3n) is 3.34. The molecule has 3 unspecified atom stereocenters. The molecule has 0 saturated heterocycles. The van der Waals surface area contributed by atoms with Crippen LogP contribution in [0.1, 0.15) is 73.6 Å². The molecule has 3 atom stereocenters. The van der Waals surface area contributed by atoms with E-state index < -0.39 is 0 Å². The Labute approximate surface area is 115 Å². The molecule has 0 aliphatic carbocycles. The second-order valence-corrected chi connectivity index (χ2v) is 6.96. The highest BCUT2D eigenvalue weighted by molar-refractivity contribution is 5.85. The Morgan fingerprint density at radius 1 is 1.00 bits per heavy atom. The fraction of sp³-hybridized carbons (Fsp3) is 1.00. The van der Waals surface area contributed by atoms with Crippen molar-refractivity contribution in [1.29, 1.82) is 0 Å². The van der Waals surface area contributed by atoms with Gasteiger partial charge < -0.3 is 5.73 Å². The van der Waals surface area contributed by atoms with E-state index in [-0.39, 0.29) is 12.4 Å². The van der Waals surface area contributed by atoms with E-state index in [9.17, 15) is 0 Å². The number of halogens is 1. The average molecular weight is 264 g/mol. The van der Waals surface area contributed by atoms with Crippen molar-refractivity contribution in [1.82, 2.24) is 0 Å². The molecule has 2 heteroatoms. The largest absolute Gasteiger partial charge is 0.328 e. The van der Waals surface area contributed by atoms with Crippen LogP contribution in [-0.4, -0.2) is 6.04 Å². The Morgan fingerprint density at radius 3 is 1.88 bits per heavy atom. The summed E-state index contributed by atoms with van der Waals surface area (Å²) >= 11 is 0. The van der Waals surface area contributed by atoms with Crippen molar-refractivity contribution in [3.63, 3.8) is 0 Å². The lowest BCUT2D eigenvalue weighted by Gasteiger charge is -2.24. The van der Waals surface area contributed by atoms with Crippen LogP contribution in [0, 0.1) is 17.3 Å². The van der Waals surface area contributed by atoms with Crippen LogP contribution < -0.4 is 5.73 Å². The van der Waals surface area contributed by atoms with Crippen LogP contribution in [0.4, 0.5) is 0 Å². The van der Waals surface area contributed by atoms with Crippen molar-refractivity contribution >= 4 is 12.4 Å². The van der Waals surface area contributed by atoms with Crippen molar-refractivity contribution in [2.24, 2.45) is 23.0 Å². The number of hydrogen-bond donors (Lipinski definition) is 1. The number of nitrogens with two attached hydrogens (primary N) is 1. The molecule has 0 fully saturated rings. The molecule has 2 N–H and O–H groups in total. The lowest BCUT2D eigenvalue weighted by molar-refractivity contribution is 0.278. The zero-order chi connectivity index (χ0) is 12.8. The lowest BCUT2D eigenvalue weighted by atomic mass is 9.82. The van der Waals surface area contributed by atoms with Gasteiger partial charge in [-0.2, -0.15) is 0 Å². The second kappa shape index (κ2) is 9.22. The Kier molecular flexibility index (Phi) is 10.6. The summed E-state index contributed by atoms with van der Waals surface area (Å²) in [5.41, 5.74) is 6.46. The first-order chi connectivity index (χ1) is 7.24. The van der Waals surface area contributed by atoms with Gasteiger partial charge in [0.1, 0.15) is 0 Å². The molecule has 0 heterocycles. The maximum atomic E-state index is 5.98. The molecule has 0 rings (SSSR count). The lowest BCUT2D eigenvalue weighted by Crippen LogP contribution is -2.22. The van der Waals surface area contributed by atoms with Gasteiger partial charge in [-0.15, -0.1) is 12.4 Å². The molecule has 0 aromatic rings. The van der Waals surface area contributed by atoms with Gasteiger partial charge in [-0.25, -0.2) is 0 Å². The van der Waals surface area contributed by atoms with Gasteiger partial charge in [0.2, 0.25) is 0 Å². The summed E-state index contributed by atoms with van der Waals surface area (Å²) in [6.07, 6.45) is 6.33. The van der Waals surface area contributed by atoms with Crippen LogP contribution in [-0.2, 0) is 0 Å². The zero-order valence-electron chi connectivity index (χ0n) is 12.8. The summed E-state index contributed by atoms with van der Waals surface area (Å²) in [6, 6.07) is 0.410. The van der Waals surface area contributed by atoms with E-state index in [1.165, 1.54) is 25.7 Å². The first-order valence-corrected chi connectivity index (χ1v) is 7.00. The molecular weight excluding hydrogens is 230 g/mol. The van der Waals surface area contributed by atoms with Crippen LogP contribution in [0.3, 0.4) is 0 Å². The highest BCUT2D eigenvalue weighted by Crippen LogP contribution is 2.28. The molecule has 0 aromatic carbocycles. The minimum absolute atomic E-state index is 0. The number of hydrogen-bond acceptors (Lipinski definition) is 1. The third kappa shape index (κ3) is 12.5. The fourth-order valence-corrected chi connectivity index (χ4v) is 2.52. The molecule has 0 saturated carbocycles. The highest BCUT2D eigenvalue weighted by atomic mass is 35.5. The normalized spacial score (nSPS) is 17.1. The van der Waals surface area contributed by atoms with Crippen LogP contribution >= 0.6 is 12.4 Å². The van der Waals surface area contributed by atoms with E-state index in [1.807, 2.05) is 0 Å². The summed E-state index contributed by atoms with van der Waals surface area (Å²) in [5, 5.41) is 0. The predicted molar refractivity (Wildman–Crippen MR) is 81.8 cm³/mol. The quantitative estimate of drug-likeness (QED) is 0.685. The van der Waals surface area contributed by atoms with Gasteiger partial charge in [0, 0.05) is 6.04 Å². The first kappa shape index (κ1) is 19.6. The summed E-state index contributed by atoms with van der Waals surface area (Å²) in [6.45, 7) is 13.9. The molecule has 0 amide bonds. The maximum Gasteiger partial charge on any atom is 0.00387 e. The highest BCUT2D eigenvalue weighted by Gasteiger charge is 2.16. The van der Waals surface area contributed by atoms with E-state index in [0.29, 0.717) is 11.5 Å². The maximum absolute atomic E-state index is 5.98.